The Balaban J connectivity index is 2.35. The second-order valence-electron chi connectivity index (χ2n) is 2.66. The summed E-state index contributed by atoms with van der Waals surface area (Å²) in [6, 6.07) is 0. The normalized spacial score (nSPS) is 41.8. The van der Waals surface area contributed by atoms with Gasteiger partial charge >= 0.3 is 0 Å². The molecule has 0 saturated heterocycles. The van der Waals surface area contributed by atoms with Gasteiger partial charge in [-0.1, -0.05) is 12.2 Å². The van der Waals surface area contributed by atoms with Crippen molar-refractivity contribution in [3.63, 3.8) is 0 Å². The van der Waals surface area contributed by atoms with E-state index in [0.717, 1.165) is 12.8 Å². The van der Waals surface area contributed by atoms with Crippen molar-refractivity contribution in [1.82, 2.24) is 0 Å². The molecule has 42 valence electrons. The summed E-state index contributed by atoms with van der Waals surface area (Å²) in [5.74, 6) is 1.39. The summed E-state index contributed by atoms with van der Waals surface area (Å²) in [5, 5.41) is 0. The van der Waals surface area contributed by atoms with E-state index < -0.39 is 0 Å². The fourth-order valence-corrected chi connectivity index (χ4v) is 1.57. The monoisotopic (exact) mass is 108 g/mol. The van der Waals surface area contributed by atoms with Crippen molar-refractivity contribution >= 4 is 5.78 Å². The highest BCUT2D eigenvalue weighted by Crippen LogP contribution is 2.35. The van der Waals surface area contributed by atoms with E-state index in [-0.39, 0.29) is 0 Å². The van der Waals surface area contributed by atoms with Crippen molar-refractivity contribution < 1.29 is 4.79 Å². The molecular weight excluding hydrogens is 100 g/mol. The molecule has 1 saturated carbocycles. The third-order valence-corrected chi connectivity index (χ3v) is 2.05. The third kappa shape index (κ3) is 0.391. The first-order chi connectivity index (χ1) is 3.86. The average molecular weight is 108 g/mol. The van der Waals surface area contributed by atoms with Crippen molar-refractivity contribution in [2.75, 3.05) is 0 Å². The molecule has 0 unspecified atom stereocenters. The van der Waals surface area contributed by atoms with E-state index in [2.05, 4.69) is 12.2 Å². The number of rotatable bonds is 0. The molecule has 1 heteroatoms. The number of hydrogen-bond acceptors (Lipinski definition) is 1. The molecule has 0 aliphatic heterocycles. The molecule has 1 nitrogen and oxygen atoms in total. The van der Waals surface area contributed by atoms with Crippen LogP contribution in [0.15, 0.2) is 12.2 Å². The number of ketones is 1. The van der Waals surface area contributed by atoms with E-state index in [4.69, 9.17) is 0 Å². The van der Waals surface area contributed by atoms with Crippen LogP contribution in [0.4, 0.5) is 0 Å². The quantitative estimate of drug-likeness (QED) is 0.425. The first-order valence-corrected chi connectivity index (χ1v) is 3.07. The zero-order chi connectivity index (χ0) is 5.56. The average Bonchev–Trinajstić information content (AvgIpc) is 2.23. The largest absolute Gasteiger partial charge is 0.299 e. The lowest BCUT2D eigenvalue weighted by molar-refractivity contribution is -0.119. The van der Waals surface area contributed by atoms with E-state index in [1.165, 1.54) is 0 Å². The molecule has 0 aromatic rings. The number of carbonyl (C=O) groups excluding carboxylic acids is 1. The van der Waals surface area contributed by atoms with E-state index in [1.807, 2.05) is 0 Å². The molecule has 2 bridgehead atoms. The van der Waals surface area contributed by atoms with Crippen LogP contribution in [0.1, 0.15) is 12.8 Å². The standard InChI is InChI=1S/C7H8O/c8-7-4-5-1-2-6(7)3-5/h1-2,5-6H,3-4H2/t5-,6-/m0/s1. The van der Waals surface area contributed by atoms with Gasteiger partial charge in [-0.25, -0.2) is 0 Å². The fraction of sp³-hybridized carbons (Fsp3) is 0.571. The maximum absolute atomic E-state index is 10.8. The molecule has 0 spiro atoms. The summed E-state index contributed by atoms with van der Waals surface area (Å²) < 4.78 is 0. The van der Waals surface area contributed by atoms with Gasteiger partial charge in [-0.3, -0.25) is 4.79 Å². The molecule has 2 atom stereocenters. The summed E-state index contributed by atoms with van der Waals surface area (Å²) in [6.07, 6.45) is 6.16. The predicted molar refractivity (Wildman–Crippen MR) is 30.4 cm³/mol. The summed E-state index contributed by atoms with van der Waals surface area (Å²) in [5.41, 5.74) is 0. The second kappa shape index (κ2) is 1.22. The van der Waals surface area contributed by atoms with E-state index >= 15 is 0 Å². The van der Waals surface area contributed by atoms with Crippen molar-refractivity contribution in [3.05, 3.63) is 12.2 Å². The minimum atomic E-state index is 0.319. The van der Waals surface area contributed by atoms with Gasteiger partial charge in [0.25, 0.3) is 0 Å². The number of allylic oxidation sites excluding steroid dienone is 2. The molecule has 0 heterocycles. The molecule has 2 aliphatic rings. The second-order valence-corrected chi connectivity index (χ2v) is 2.66. The van der Waals surface area contributed by atoms with Gasteiger partial charge in [-0.05, 0) is 12.3 Å². The third-order valence-electron chi connectivity index (χ3n) is 2.05. The Morgan fingerprint density at radius 2 is 2.38 bits per heavy atom. The number of hydrogen-bond donors (Lipinski definition) is 0. The maximum atomic E-state index is 10.8. The van der Waals surface area contributed by atoms with Crippen LogP contribution in [0.2, 0.25) is 0 Å². The summed E-state index contributed by atoms with van der Waals surface area (Å²) >= 11 is 0. The van der Waals surface area contributed by atoms with Gasteiger partial charge in [0.1, 0.15) is 5.78 Å². The minimum Gasteiger partial charge on any atom is -0.299 e. The van der Waals surface area contributed by atoms with Crippen molar-refractivity contribution in [1.29, 1.82) is 0 Å². The molecule has 2 aliphatic carbocycles. The Morgan fingerprint density at radius 3 is 2.62 bits per heavy atom. The van der Waals surface area contributed by atoms with Gasteiger partial charge in [-0.15, -0.1) is 0 Å². The Kier molecular flexibility index (Phi) is 0.655. The summed E-state index contributed by atoms with van der Waals surface area (Å²) in [7, 11) is 0. The van der Waals surface area contributed by atoms with Crippen LogP contribution in [-0.4, -0.2) is 5.78 Å². The zero-order valence-electron chi connectivity index (χ0n) is 4.63. The van der Waals surface area contributed by atoms with Gasteiger partial charge in [0.05, 0.1) is 0 Å². The number of Topliss-reactive ketones (excluding diaryl/α,β-unsaturated/α-hetero) is 1. The van der Waals surface area contributed by atoms with Crippen molar-refractivity contribution in [2.45, 2.75) is 12.8 Å². The van der Waals surface area contributed by atoms with Crippen LogP contribution >= 0.6 is 0 Å². The lowest BCUT2D eigenvalue weighted by Gasteiger charge is -1.96. The molecule has 2 rings (SSSR count). The van der Waals surface area contributed by atoms with Crippen LogP contribution in [0.3, 0.4) is 0 Å². The van der Waals surface area contributed by atoms with Crippen LogP contribution in [0.5, 0.6) is 0 Å². The highest BCUT2D eigenvalue weighted by molar-refractivity contribution is 5.86. The van der Waals surface area contributed by atoms with E-state index in [9.17, 15) is 4.79 Å². The van der Waals surface area contributed by atoms with Crippen LogP contribution in [0.25, 0.3) is 0 Å². The molecule has 8 heavy (non-hydrogen) atoms. The Morgan fingerprint density at radius 1 is 1.50 bits per heavy atom. The smallest absolute Gasteiger partial charge is 0.140 e. The molecule has 0 aromatic heterocycles. The molecule has 1 fully saturated rings. The Labute approximate surface area is 48.4 Å². The summed E-state index contributed by atoms with van der Waals surface area (Å²) in [6.45, 7) is 0. The first-order valence-electron chi connectivity index (χ1n) is 3.07. The topological polar surface area (TPSA) is 17.1 Å². The number of carbonyl (C=O) groups is 1. The SMILES string of the molecule is O=C1C[C@H]2C=C[C@H]1C2. The summed E-state index contributed by atoms with van der Waals surface area (Å²) in [4.78, 5) is 10.8. The highest BCUT2D eigenvalue weighted by atomic mass is 16.1. The highest BCUT2D eigenvalue weighted by Gasteiger charge is 2.33. The van der Waals surface area contributed by atoms with E-state index in [1.54, 1.807) is 0 Å². The van der Waals surface area contributed by atoms with Crippen LogP contribution in [-0.2, 0) is 4.79 Å². The van der Waals surface area contributed by atoms with Gasteiger partial charge in [0.2, 0.25) is 0 Å². The zero-order valence-corrected chi connectivity index (χ0v) is 4.63. The first kappa shape index (κ1) is 4.30. The lowest BCUT2D eigenvalue weighted by Crippen LogP contribution is -2.02. The Bertz CT molecular complexity index is 158. The van der Waals surface area contributed by atoms with E-state index in [0.29, 0.717) is 17.6 Å². The van der Waals surface area contributed by atoms with Gasteiger partial charge in [-0.2, -0.15) is 0 Å². The molecular formula is C7H8O. The fourth-order valence-electron chi connectivity index (χ4n) is 1.57. The lowest BCUT2D eigenvalue weighted by atomic mass is 10.1. The van der Waals surface area contributed by atoms with Gasteiger partial charge < -0.3 is 0 Å². The number of fused-ring (bicyclic) bond motifs is 2. The van der Waals surface area contributed by atoms with Crippen LogP contribution < -0.4 is 0 Å². The molecule has 0 aromatic carbocycles. The molecule has 0 radical (unpaired) electrons. The Hall–Kier alpha value is -0.590. The predicted octanol–water partition coefficient (Wildman–Crippen LogP) is 1.15. The van der Waals surface area contributed by atoms with Crippen molar-refractivity contribution in [2.24, 2.45) is 11.8 Å². The van der Waals surface area contributed by atoms with Crippen molar-refractivity contribution in [3.8, 4) is 0 Å². The van der Waals surface area contributed by atoms with Gasteiger partial charge in [0.15, 0.2) is 0 Å². The van der Waals surface area contributed by atoms with Gasteiger partial charge in [0, 0.05) is 12.3 Å². The van der Waals surface area contributed by atoms with Crippen LogP contribution in [0, 0.1) is 11.8 Å². The minimum absolute atomic E-state index is 0.319. The molecule has 0 N–H and O–H groups in total. The maximum Gasteiger partial charge on any atom is 0.140 e. The molecule has 0 amide bonds.